The van der Waals surface area contributed by atoms with Gasteiger partial charge in [0, 0.05) is 6.04 Å². The number of hydrogen-bond donors (Lipinski definition) is 1. The highest BCUT2D eigenvalue weighted by Gasteiger charge is 2.59. The van der Waals surface area contributed by atoms with Crippen molar-refractivity contribution in [2.24, 2.45) is 23.2 Å². The first-order valence-electron chi connectivity index (χ1n) is 11.0. The van der Waals surface area contributed by atoms with Crippen molar-refractivity contribution in [2.75, 3.05) is 6.61 Å². The monoisotopic (exact) mass is 477 g/mol. The van der Waals surface area contributed by atoms with Crippen molar-refractivity contribution in [1.82, 2.24) is 4.72 Å². The molecule has 2 bridgehead atoms. The molecule has 2 aliphatic carbocycles. The van der Waals surface area contributed by atoms with E-state index in [2.05, 4.69) is 18.6 Å². The van der Waals surface area contributed by atoms with Crippen molar-refractivity contribution in [3.8, 4) is 0 Å². The number of rotatable bonds is 7. The van der Waals surface area contributed by atoms with E-state index in [4.69, 9.17) is 4.18 Å². The van der Waals surface area contributed by atoms with E-state index in [9.17, 15) is 16.8 Å². The van der Waals surface area contributed by atoms with Crippen molar-refractivity contribution in [2.45, 2.75) is 56.4 Å². The molecular formula is C24H31NO5S2. The van der Waals surface area contributed by atoms with Crippen LogP contribution < -0.4 is 4.72 Å². The van der Waals surface area contributed by atoms with Gasteiger partial charge in [0.15, 0.2) is 0 Å². The molecule has 0 heterocycles. The largest absolute Gasteiger partial charge is 0.296 e. The first-order chi connectivity index (χ1) is 14.9. The molecule has 2 aliphatic rings. The van der Waals surface area contributed by atoms with Gasteiger partial charge in [0.1, 0.15) is 0 Å². The third kappa shape index (κ3) is 4.25. The van der Waals surface area contributed by atoms with E-state index in [1.54, 1.807) is 48.5 Å². The van der Waals surface area contributed by atoms with Crippen LogP contribution in [0.5, 0.6) is 0 Å². The smallest absolute Gasteiger partial charge is 0.266 e. The maximum absolute atomic E-state index is 13.0. The zero-order valence-corrected chi connectivity index (χ0v) is 20.5. The summed E-state index contributed by atoms with van der Waals surface area (Å²) in [6.45, 7) is 8.05. The van der Waals surface area contributed by atoms with Crippen molar-refractivity contribution in [1.29, 1.82) is 0 Å². The predicted molar refractivity (Wildman–Crippen MR) is 123 cm³/mol. The Bertz CT molecular complexity index is 1190. The van der Waals surface area contributed by atoms with E-state index < -0.39 is 20.1 Å². The van der Waals surface area contributed by atoms with E-state index in [-0.39, 0.29) is 45.6 Å². The zero-order chi connectivity index (χ0) is 23.3. The van der Waals surface area contributed by atoms with E-state index in [1.165, 1.54) is 0 Å². The van der Waals surface area contributed by atoms with Crippen LogP contribution in [0, 0.1) is 37.0 Å². The van der Waals surface area contributed by atoms with Gasteiger partial charge >= 0.3 is 0 Å². The molecule has 174 valence electrons. The van der Waals surface area contributed by atoms with Crippen molar-refractivity contribution >= 4 is 20.1 Å². The maximum atomic E-state index is 13.0. The van der Waals surface area contributed by atoms with Gasteiger partial charge in [-0.15, -0.1) is 0 Å². The molecule has 0 spiro atoms. The molecule has 32 heavy (non-hydrogen) atoms. The molecule has 8 heteroatoms. The van der Waals surface area contributed by atoms with Gasteiger partial charge in [0.05, 0.1) is 16.4 Å². The quantitative estimate of drug-likeness (QED) is 0.608. The molecular weight excluding hydrogens is 446 g/mol. The first-order valence-corrected chi connectivity index (χ1v) is 13.9. The van der Waals surface area contributed by atoms with E-state index in [0.29, 0.717) is 0 Å². The van der Waals surface area contributed by atoms with Crippen LogP contribution in [-0.4, -0.2) is 29.5 Å². The zero-order valence-electron chi connectivity index (χ0n) is 18.9. The number of benzene rings is 2. The Morgan fingerprint density at radius 2 is 1.41 bits per heavy atom. The molecule has 4 rings (SSSR count). The van der Waals surface area contributed by atoms with Crippen molar-refractivity contribution in [3.63, 3.8) is 0 Å². The molecule has 2 fully saturated rings. The summed E-state index contributed by atoms with van der Waals surface area (Å²) in [5.74, 6) is 0.0963. The Kier molecular flexibility index (Phi) is 6.03. The van der Waals surface area contributed by atoms with Crippen LogP contribution in [-0.2, 0) is 24.3 Å². The molecule has 0 saturated heterocycles. The third-order valence-electron chi connectivity index (χ3n) is 7.47. The lowest BCUT2D eigenvalue weighted by Gasteiger charge is -2.37. The maximum Gasteiger partial charge on any atom is 0.296 e. The number of nitrogens with one attached hydrogen (secondary N) is 1. The van der Waals surface area contributed by atoms with E-state index in [1.807, 2.05) is 13.8 Å². The second kappa shape index (κ2) is 8.24. The minimum atomic E-state index is -3.87. The summed E-state index contributed by atoms with van der Waals surface area (Å²) in [4.78, 5) is 0.391. The minimum absolute atomic E-state index is 0.0310. The van der Waals surface area contributed by atoms with Crippen LogP contribution in [0.3, 0.4) is 0 Å². The van der Waals surface area contributed by atoms with Crippen molar-refractivity contribution in [3.05, 3.63) is 59.7 Å². The lowest BCUT2D eigenvalue weighted by Crippen LogP contribution is -2.39. The summed E-state index contributed by atoms with van der Waals surface area (Å²) in [6, 6.07) is 13.2. The Morgan fingerprint density at radius 1 is 0.875 bits per heavy atom. The summed E-state index contributed by atoms with van der Waals surface area (Å²) in [5, 5.41) is 0. The Hall–Kier alpha value is -1.74. The van der Waals surface area contributed by atoms with Gasteiger partial charge in [0.2, 0.25) is 10.0 Å². The summed E-state index contributed by atoms with van der Waals surface area (Å²) in [7, 11) is -7.53. The average molecular weight is 478 g/mol. The lowest BCUT2D eigenvalue weighted by molar-refractivity contribution is 0.0760. The minimum Gasteiger partial charge on any atom is -0.266 e. The molecule has 0 radical (unpaired) electrons. The second-order valence-corrected chi connectivity index (χ2v) is 13.1. The highest BCUT2D eigenvalue weighted by atomic mass is 32.2. The van der Waals surface area contributed by atoms with E-state index >= 15 is 0 Å². The molecule has 4 atom stereocenters. The molecule has 0 aliphatic heterocycles. The predicted octanol–water partition coefficient (Wildman–Crippen LogP) is 4.04. The highest BCUT2D eigenvalue weighted by molar-refractivity contribution is 7.89. The van der Waals surface area contributed by atoms with Crippen molar-refractivity contribution < 1.29 is 21.0 Å². The summed E-state index contributed by atoms with van der Waals surface area (Å²) in [5.41, 5.74) is 1.73. The van der Waals surface area contributed by atoms with Crippen LogP contribution in [0.25, 0.3) is 0 Å². The van der Waals surface area contributed by atoms with Crippen LogP contribution >= 0.6 is 0 Å². The van der Waals surface area contributed by atoms with Gasteiger partial charge in [-0.2, -0.15) is 8.42 Å². The standard InChI is InChI=1S/C24H31NO5S2/c1-16-5-9-18(10-6-16)31(26,27)25-23-20-13-14-21(23)24(3,4)22(20)15-30-32(28,29)19-11-7-17(2)8-12-19/h5-12,20-23,25H,13-15H2,1-4H3. The molecule has 2 saturated carbocycles. The fourth-order valence-electron chi connectivity index (χ4n) is 5.55. The average Bonchev–Trinajstić information content (AvgIpc) is 3.19. The van der Waals surface area contributed by atoms with Crippen LogP contribution in [0.4, 0.5) is 0 Å². The Morgan fingerprint density at radius 3 is 1.97 bits per heavy atom. The molecule has 2 aromatic rings. The summed E-state index contributed by atoms with van der Waals surface area (Å²) < 4.78 is 59.9. The highest BCUT2D eigenvalue weighted by Crippen LogP contribution is 2.59. The Labute approximate surface area is 191 Å². The van der Waals surface area contributed by atoms with Gasteiger partial charge in [-0.1, -0.05) is 49.2 Å². The third-order valence-corrected chi connectivity index (χ3v) is 10.2. The normalized spacial score (nSPS) is 27.0. The number of sulfonamides is 1. The van der Waals surface area contributed by atoms with Gasteiger partial charge in [-0.3, -0.25) is 4.18 Å². The van der Waals surface area contributed by atoms with E-state index in [0.717, 1.165) is 24.0 Å². The van der Waals surface area contributed by atoms with Crippen LogP contribution in [0.15, 0.2) is 58.3 Å². The molecule has 0 amide bonds. The first kappa shape index (κ1) is 23.4. The number of aryl methyl sites for hydroxylation is 2. The molecule has 0 aromatic heterocycles. The van der Waals surface area contributed by atoms with Gasteiger partial charge in [0.25, 0.3) is 10.1 Å². The summed E-state index contributed by atoms with van der Waals surface area (Å²) in [6.07, 6.45) is 1.77. The molecule has 6 nitrogen and oxygen atoms in total. The SMILES string of the molecule is Cc1ccc(S(=O)(=O)NC2C3CCC2C(C)(C)C3COS(=O)(=O)c2ccc(C)cc2)cc1. The number of hydrogen-bond acceptors (Lipinski definition) is 5. The van der Waals surface area contributed by atoms with Gasteiger partial charge in [-0.05, 0) is 74.1 Å². The fourth-order valence-corrected chi connectivity index (χ4v) is 7.81. The number of fused-ring (bicyclic) bond motifs is 2. The fraction of sp³-hybridized carbons (Fsp3) is 0.500. The van der Waals surface area contributed by atoms with Crippen LogP contribution in [0.2, 0.25) is 0 Å². The summed E-state index contributed by atoms with van der Waals surface area (Å²) >= 11 is 0. The second-order valence-electron chi connectivity index (χ2n) is 9.79. The van der Waals surface area contributed by atoms with Gasteiger partial charge < -0.3 is 0 Å². The topological polar surface area (TPSA) is 89.5 Å². The molecule has 1 N–H and O–H groups in total. The Balaban J connectivity index is 1.51. The van der Waals surface area contributed by atoms with Gasteiger partial charge in [-0.25, -0.2) is 13.1 Å². The van der Waals surface area contributed by atoms with Crippen LogP contribution in [0.1, 0.15) is 37.8 Å². The lowest BCUT2D eigenvalue weighted by atomic mass is 9.69. The molecule has 4 unspecified atom stereocenters. The molecule has 2 aromatic carbocycles.